The van der Waals surface area contributed by atoms with Gasteiger partial charge in [-0.25, -0.2) is 0 Å². The van der Waals surface area contributed by atoms with Gasteiger partial charge < -0.3 is 16.0 Å². The summed E-state index contributed by atoms with van der Waals surface area (Å²) in [5.74, 6) is 0.450. The first-order chi connectivity index (χ1) is 11.1. The van der Waals surface area contributed by atoms with Crippen LogP contribution in [-0.4, -0.2) is 17.5 Å². The van der Waals surface area contributed by atoms with Crippen LogP contribution in [0.4, 0.5) is 5.69 Å². The monoisotopic (exact) mass is 306 g/mol. The maximum absolute atomic E-state index is 5.97. The molecule has 0 amide bonds. The molecule has 0 aliphatic heterocycles. The van der Waals surface area contributed by atoms with E-state index < -0.39 is 0 Å². The zero-order valence-electron chi connectivity index (χ0n) is 13.6. The molecule has 118 valence electrons. The van der Waals surface area contributed by atoms with Crippen LogP contribution >= 0.6 is 0 Å². The average molecular weight is 306 g/mol. The lowest BCUT2D eigenvalue weighted by molar-refractivity contribution is 0.937. The molecule has 4 heteroatoms. The topological polar surface area (TPSA) is 66.2 Å². The van der Waals surface area contributed by atoms with Crippen molar-refractivity contribution in [2.24, 2.45) is 10.7 Å². The number of nitrogens with zero attached hydrogens (tertiary/aromatic N) is 1. The van der Waals surface area contributed by atoms with Crippen molar-refractivity contribution in [2.45, 2.75) is 20.3 Å². The number of hydrogen-bond acceptors (Lipinski definition) is 1. The number of aliphatic imine (C=N–C) groups is 1. The summed E-state index contributed by atoms with van der Waals surface area (Å²) in [7, 11) is 0. The van der Waals surface area contributed by atoms with Gasteiger partial charge in [-0.05, 0) is 54.6 Å². The number of hydrogen-bond donors (Lipinski definition) is 3. The van der Waals surface area contributed by atoms with Gasteiger partial charge in [0.15, 0.2) is 5.96 Å². The summed E-state index contributed by atoms with van der Waals surface area (Å²) in [6.45, 7) is 4.79. The molecule has 1 heterocycles. The van der Waals surface area contributed by atoms with Gasteiger partial charge in [0.05, 0.1) is 0 Å². The minimum absolute atomic E-state index is 0.450. The Morgan fingerprint density at radius 2 is 1.83 bits per heavy atom. The number of aromatic amines is 1. The molecule has 0 fully saturated rings. The number of aromatic nitrogens is 1. The predicted molar refractivity (Wildman–Crippen MR) is 98.0 cm³/mol. The zero-order valence-corrected chi connectivity index (χ0v) is 13.6. The van der Waals surface area contributed by atoms with E-state index in [-0.39, 0.29) is 0 Å². The van der Waals surface area contributed by atoms with Gasteiger partial charge in [0.2, 0.25) is 0 Å². The summed E-state index contributed by atoms with van der Waals surface area (Å²) in [6.07, 6.45) is 0.837. The van der Waals surface area contributed by atoms with E-state index in [4.69, 9.17) is 5.73 Å². The Labute approximate surface area is 136 Å². The lowest BCUT2D eigenvalue weighted by atomic mass is 10.1. The van der Waals surface area contributed by atoms with Gasteiger partial charge in [0, 0.05) is 29.9 Å². The van der Waals surface area contributed by atoms with Gasteiger partial charge in [-0.15, -0.1) is 0 Å². The average Bonchev–Trinajstić information content (AvgIpc) is 2.88. The lowest BCUT2D eigenvalue weighted by Gasteiger charge is -2.07. The lowest BCUT2D eigenvalue weighted by Crippen LogP contribution is -2.23. The van der Waals surface area contributed by atoms with Crippen LogP contribution in [0.3, 0.4) is 0 Å². The molecule has 4 N–H and O–H groups in total. The molecule has 3 aromatic rings. The maximum Gasteiger partial charge on any atom is 0.193 e. The maximum atomic E-state index is 5.97. The molecule has 0 aliphatic carbocycles. The summed E-state index contributed by atoms with van der Waals surface area (Å²) in [5, 5.41) is 4.38. The fourth-order valence-electron chi connectivity index (χ4n) is 2.80. The predicted octanol–water partition coefficient (Wildman–Crippen LogP) is 3.75. The fourth-order valence-corrected chi connectivity index (χ4v) is 2.80. The molecular formula is C19H22N4. The van der Waals surface area contributed by atoms with Crippen LogP contribution in [0.2, 0.25) is 0 Å². The van der Waals surface area contributed by atoms with Crippen LogP contribution < -0.4 is 11.1 Å². The quantitative estimate of drug-likeness (QED) is 0.507. The van der Waals surface area contributed by atoms with E-state index in [0.29, 0.717) is 12.5 Å². The van der Waals surface area contributed by atoms with E-state index >= 15 is 0 Å². The molecule has 2 aromatic carbocycles. The first-order valence-corrected chi connectivity index (χ1v) is 7.82. The Kier molecular flexibility index (Phi) is 4.33. The molecule has 0 unspecified atom stereocenters. The molecule has 4 nitrogen and oxygen atoms in total. The van der Waals surface area contributed by atoms with Crippen molar-refractivity contribution in [2.75, 3.05) is 11.9 Å². The Morgan fingerprint density at radius 3 is 2.57 bits per heavy atom. The van der Waals surface area contributed by atoms with Crippen LogP contribution in [0.1, 0.15) is 16.8 Å². The summed E-state index contributed by atoms with van der Waals surface area (Å²) in [5.41, 5.74) is 11.7. The molecule has 0 aliphatic rings. The number of rotatable bonds is 4. The summed E-state index contributed by atoms with van der Waals surface area (Å²) < 4.78 is 0. The number of nitrogens with two attached hydrogens (primary N) is 1. The second-order valence-corrected chi connectivity index (χ2v) is 5.90. The van der Waals surface area contributed by atoms with Crippen LogP contribution in [0.5, 0.6) is 0 Å². The van der Waals surface area contributed by atoms with Crippen molar-refractivity contribution in [1.82, 2.24) is 4.98 Å². The standard InChI is InChI=1S/C19H22N4/c1-13-9-14(2)11-17(10-13)23-19(20)21-8-7-16-12-15-5-3-4-6-18(15)22-16/h3-6,9-12,22H,7-8H2,1-2H3,(H3,20,21,23). The third kappa shape index (κ3) is 3.92. The minimum atomic E-state index is 0.450. The van der Waals surface area contributed by atoms with E-state index in [1.165, 1.54) is 22.2 Å². The largest absolute Gasteiger partial charge is 0.370 e. The molecule has 0 saturated carbocycles. The number of benzene rings is 2. The molecule has 1 aromatic heterocycles. The smallest absolute Gasteiger partial charge is 0.193 e. The van der Waals surface area contributed by atoms with Crippen LogP contribution in [0.15, 0.2) is 53.5 Å². The van der Waals surface area contributed by atoms with Crippen LogP contribution in [-0.2, 0) is 6.42 Å². The van der Waals surface area contributed by atoms with Gasteiger partial charge in [0.25, 0.3) is 0 Å². The number of fused-ring (bicyclic) bond motifs is 1. The highest BCUT2D eigenvalue weighted by atomic mass is 15.1. The number of nitrogens with one attached hydrogen (secondary N) is 2. The van der Waals surface area contributed by atoms with Crippen molar-refractivity contribution in [1.29, 1.82) is 0 Å². The number of para-hydroxylation sites is 1. The minimum Gasteiger partial charge on any atom is -0.370 e. The Bertz CT molecular complexity index is 792. The normalized spacial score (nSPS) is 11.8. The number of H-pyrrole nitrogens is 1. The fraction of sp³-hybridized carbons (Fsp3) is 0.211. The third-order valence-electron chi connectivity index (χ3n) is 3.74. The summed E-state index contributed by atoms with van der Waals surface area (Å²) >= 11 is 0. The summed E-state index contributed by atoms with van der Waals surface area (Å²) in [4.78, 5) is 7.81. The highest BCUT2D eigenvalue weighted by Crippen LogP contribution is 2.15. The first-order valence-electron chi connectivity index (χ1n) is 7.82. The van der Waals surface area contributed by atoms with E-state index in [0.717, 1.165) is 17.6 Å². The molecule has 0 saturated heterocycles. The van der Waals surface area contributed by atoms with Crippen molar-refractivity contribution in [3.8, 4) is 0 Å². The first kappa shape index (κ1) is 15.2. The van der Waals surface area contributed by atoms with Crippen molar-refractivity contribution >= 4 is 22.5 Å². The second kappa shape index (κ2) is 6.57. The number of aryl methyl sites for hydroxylation is 2. The number of anilines is 1. The van der Waals surface area contributed by atoms with Crippen LogP contribution in [0.25, 0.3) is 10.9 Å². The highest BCUT2D eigenvalue weighted by Gasteiger charge is 2.00. The molecule has 3 rings (SSSR count). The molecular weight excluding hydrogens is 284 g/mol. The Hall–Kier alpha value is -2.75. The van der Waals surface area contributed by atoms with Crippen molar-refractivity contribution < 1.29 is 0 Å². The van der Waals surface area contributed by atoms with E-state index in [2.05, 4.69) is 65.5 Å². The summed E-state index contributed by atoms with van der Waals surface area (Å²) in [6, 6.07) is 16.7. The molecule has 0 bridgehead atoms. The van der Waals surface area contributed by atoms with Gasteiger partial charge in [-0.1, -0.05) is 24.3 Å². The zero-order chi connectivity index (χ0) is 16.2. The molecule has 0 spiro atoms. The van der Waals surface area contributed by atoms with Gasteiger partial charge in [-0.2, -0.15) is 0 Å². The molecule has 0 radical (unpaired) electrons. The van der Waals surface area contributed by atoms with Gasteiger partial charge in [-0.3, -0.25) is 4.99 Å². The van der Waals surface area contributed by atoms with Gasteiger partial charge in [0.1, 0.15) is 0 Å². The SMILES string of the molecule is Cc1cc(C)cc(NC(N)=NCCc2cc3ccccc3[nH]2)c1. The number of guanidine groups is 1. The van der Waals surface area contributed by atoms with Crippen molar-refractivity contribution in [3.63, 3.8) is 0 Å². The highest BCUT2D eigenvalue weighted by molar-refractivity contribution is 5.92. The molecule has 23 heavy (non-hydrogen) atoms. The van der Waals surface area contributed by atoms with Crippen LogP contribution in [0, 0.1) is 13.8 Å². The Morgan fingerprint density at radius 1 is 1.09 bits per heavy atom. The van der Waals surface area contributed by atoms with Gasteiger partial charge >= 0.3 is 0 Å². The van der Waals surface area contributed by atoms with E-state index in [1.807, 2.05) is 12.1 Å². The van der Waals surface area contributed by atoms with E-state index in [1.54, 1.807) is 0 Å². The Balaban J connectivity index is 1.60. The second-order valence-electron chi connectivity index (χ2n) is 5.90. The third-order valence-corrected chi connectivity index (χ3v) is 3.74. The van der Waals surface area contributed by atoms with Crippen molar-refractivity contribution in [3.05, 3.63) is 65.4 Å². The van der Waals surface area contributed by atoms with E-state index in [9.17, 15) is 0 Å². The molecule has 0 atom stereocenters.